The number of hydrogen-bond donors (Lipinski definition) is 0. The molecule has 10 aromatic rings. The third kappa shape index (κ3) is 5.33. The van der Waals surface area contributed by atoms with Crippen molar-refractivity contribution >= 4 is 43.5 Å². The lowest BCUT2D eigenvalue weighted by Gasteiger charge is -2.14. The maximum atomic E-state index is 6.33. The Balaban J connectivity index is 1.20. The van der Waals surface area contributed by atoms with Gasteiger partial charge in [0.15, 0.2) is 5.82 Å². The minimum atomic E-state index is 0.692. The van der Waals surface area contributed by atoms with Crippen molar-refractivity contribution < 1.29 is 4.42 Å². The van der Waals surface area contributed by atoms with E-state index in [0.717, 1.165) is 72.3 Å². The SMILES string of the molecule is c1ccc(-c2nc(-c3cc(-c4ccc5ccccc5c4)cc(-c4ccc5c(c4)oc4ccccc45)c3)cc(-c3ccc4ccccc4c3)n2)cc1. The molecule has 2 aromatic heterocycles. The Morgan fingerprint density at radius 2 is 0.824 bits per heavy atom. The Morgan fingerprint density at radius 1 is 0.294 bits per heavy atom. The molecule has 0 aliphatic heterocycles. The maximum Gasteiger partial charge on any atom is 0.160 e. The second kappa shape index (κ2) is 11.9. The predicted octanol–water partition coefficient (Wildman–Crippen LogP) is 13.0. The molecule has 0 radical (unpaired) electrons. The minimum Gasteiger partial charge on any atom is -0.456 e. The van der Waals surface area contributed by atoms with Crippen LogP contribution in [-0.4, -0.2) is 9.97 Å². The van der Waals surface area contributed by atoms with Crippen LogP contribution < -0.4 is 0 Å². The summed E-state index contributed by atoms with van der Waals surface area (Å²) >= 11 is 0. The van der Waals surface area contributed by atoms with Crippen molar-refractivity contribution in [2.45, 2.75) is 0 Å². The third-order valence-electron chi connectivity index (χ3n) is 9.83. The smallest absolute Gasteiger partial charge is 0.160 e. The molecular formula is C48H30N2O. The average Bonchev–Trinajstić information content (AvgIpc) is 3.58. The summed E-state index contributed by atoms with van der Waals surface area (Å²) in [6.07, 6.45) is 0. The summed E-state index contributed by atoms with van der Waals surface area (Å²) < 4.78 is 6.33. The van der Waals surface area contributed by atoms with Gasteiger partial charge in [0, 0.05) is 27.5 Å². The fourth-order valence-corrected chi connectivity index (χ4v) is 7.19. The Hall–Kier alpha value is -6.84. The molecule has 0 amide bonds. The van der Waals surface area contributed by atoms with Crippen LogP contribution in [0.2, 0.25) is 0 Å². The van der Waals surface area contributed by atoms with Gasteiger partial charge in [0.25, 0.3) is 0 Å². The van der Waals surface area contributed by atoms with Gasteiger partial charge in [-0.3, -0.25) is 0 Å². The van der Waals surface area contributed by atoms with E-state index in [0.29, 0.717) is 5.82 Å². The second-order valence-electron chi connectivity index (χ2n) is 13.1. The van der Waals surface area contributed by atoms with E-state index in [4.69, 9.17) is 14.4 Å². The Morgan fingerprint density at radius 3 is 1.57 bits per heavy atom. The summed E-state index contributed by atoms with van der Waals surface area (Å²) in [5, 5.41) is 7.05. The molecule has 8 aromatic carbocycles. The van der Waals surface area contributed by atoms with Gasteiger partial charge in [0.05, 0.1) is 11.4 Å². The number of furan rings is 1. The first-order valence-corrected chi connectivity index (χ1v) is 17.2. The van der Waals surface area contributed by atoms with Crippen LogP contribution >= 0.6 is 0 Å². The van der Waals surface area contributed by atoms with Crippen LogP contribution in [0.5, 0.6) is 0 Å². The van der Waals surface area contributed by atoms with E-state index >= 15 is 0 Å². The molecule has 3 heteroatoms. The van der Waals surface area contributed by atoms with Gasteiger partial charge in [0.2, 0.25) is 0 Å². The van der Waals surface area contributed by atoms with Gasteiger partial charge in [-0.25, -0.2) is 9.97 Å². The highest BCUT2D eigenvalue weighted by atomic mass is 16.3. The highest BCUT2D eigenvalue weighted by Gasteiger charge is 2.15. The van der Waals surface area contributed by atoms with Crippen molar-refractivity contribution in [3.05, 3.63) is 182 Å². The van der Waals surface area contributed by atoms with Crippen LogP contribution in [0.1, 0.15) is 0 Å². The number of hydrogen-bond acceptors (Lipinski definition) is 3. The molecule has 51 heavy (non-hydrogen) atoms. The lowest BCUT2D eigenvalue weighted by molar-refractivity contribution is 0.669. The molecule has 238 valence electrons. The van der Waals surface area contributed by atoms with Gasteiger partial charge in [-0.2, -0.15) is 0 Å². The maximum absolute atomic E-state index is 6.33. The van der Waals surface area contributed by atoms with Crippen molar-refractivity contribution in [1.29, 1.82) is 0 Å². The van der Waals surface area contributed by atoms with E-state index < -0.39 is 0 Å². The van der Waals surface area contributed by atoms with E-state index in [1.807, 2.05) is 30.3 Å². The molecule has 0 aliphatic rings. The molecule has 0 unspecified atom stereocenters. The van der Waals surface area contributed by atoms with E-state index in [-0.39, 0.29) is 0 Å². The summed E-state index contributed by atoms with van der Waals surface area (Å²) in [5.74, 6) is 0.692. The minimum absolute atomic E-state index is 0.692. The summed E-state index contributed by atoms with van der Waals surface area (Å²) in [6.45, 7) is 0. The largest absolute Gasteiger partial charge is 0.456 e. The highest BCUT2D eigenvalue weighted by Crippen LogP contribution is 2.38. The summed E-state index contributed by atoms with van der Waals surface area (Å²) in [5.41, 5.74) is 11.0. The van der Waals surface area contributed by atoms with Crippen LogP contribution in [0.4, 0.5) is 0 Å². The fourth-order valence-electron chi connectivity index (χ4n) is 7.19. The summed E-state index contributed by atoms with van der Waals surface area (Å²) in [6, 6.07) is 64.1. The zero-order valence-corrected chi connectivity index (χ0v) is 27.6. The van der Waals surface area contributed by atoms with Crippen LogP contribution in [0, 0.1) is 0 Å². The molecule has 10 rings (SSSR count). The highest BCUT2D eigenvalue weighted by molar-refractivity contribution is 6.06. The van der Waals surface area contributed by atoms with Crippen molar-refractivity contribution in [3.63, 3.8) is 0 Å². The predicted molar refractivity (Wildman–Crippen MR) is 212 cm³/mol. The average molecular weight is 651 g/mol. The Bertz CT molecular complexity index is 2920. The zero-order valence-electron chi connectivity index (χ0n) is 27.6. The van der Waals surface area contributed by atoms with Crippen LogP contribution in [0.3, 0.4) is 0 Å². The number of fused-ring (bicyclic) bond motifs is 5. The first kappa shape index (κ1) is 29.1. The molecule has 0 N–H and O–H groups in total. The van der Waals surface area contributed by atoms with Gasteiger partial charge in [-0.1, -0.05) is 127 Å². The second-order valence-corrected chi connectivity index (χ2v) is 13.1. The van der Waals surface area contributed by atoms with Crippen LogP contribution in [0.15, 0.2) is 186 Å². The topological polar surface area (TPSA) is 38.9 Å². The number of rotatable bonds is 5. The van der Waals surface area contributed by atoms with Crippen molar-refractivity contribution in [2.75, 3.05) is 0 Å². The van der Waals surface area contributed by atoms with Gasteiger partial charge in [0.1, 0.15) is 11.2 Å². The van der Waals surface area contributed by atoms with E-state index in [9.17, 15) is 0 Å². The molecule has 0 saturated heterocycles. The number of benzene rings is 8. The van der Waals surface area contributed by atoms with Gasteiger partial charge in [-0.15, -0.1) is 0 Å². The normalized spacial score (nSPS) is 11.5. The van der Waals surface area contributed by atoms with E-state index in [2.05, 4.69) is 152 Å². The van der Waals surface area contributed by atoms with Crippen molar-refractivity contribution in [3.8, 4) is 56.2 Å². The molecule has 0 saturated carbocycles. The van der Waals surface area contributed by atoms with E-state index in [1.165, 1.54) is 21.5 Å². The monoisotopic (exact) mass is 650 g/mol. The van der Waals surface area contributed by atoms with Gasteiger partial charge >= 0.3 is 0 Å². The molecule has 0 spiro atoms. The number of para-hydroxylation sites is 1. The molecule has 0 aliphatic carbocycles. The van der Waals surface area contributed by atoms with Crippen LogP contribution in [0.25, 0.3) is 99.6 Å². The molecule has 0 atom stereocenters. The summed E-state index contributed by atoms with van der Waals surface area (Å²) in [7, 11) is 0. The zero-order chi connectivity index (χ0) is 33.7. The van der Waals surface area contributed by atoms with E-state index in [1.54, 1.807) is 0 Å². The Labute approximate surface area is 295 Å². The number of nitrogens with zero attached hydrogens (tertiary/aromatic N) is 2. The molecule has 3 nitrogen and oxygen atoms in total. The first-order valence-electron chi connectivity index (χ1n) is 17.2. The lowest BCUT2D eigenvalue weighted by Crippen LogP contribution is -1.96. The molecular weight excluding hydrogens is 621 g/mol. The standard InChI is InChI=1S/C48H30N2O/c1-2-12-33(13-3-1)48-49-44(38-21-19-32-11-5-7-15-35(32)25-38)30-45(50-48)41-27-39(36-20-18-31-10-4-6-14-34(31)24-36)26-40(28-41)37-22-23-43-42-16-8-9-17-46(42)51-47(43)29-37/h1-30H. The molecule has 0 fully saturated rings. The fraction of sp³-hybridized carbons (Fsp3) is 0. The van der Waals surface area contributed by atoms with Gasteiger partial charge < -0.3 is 4.42 Å². The van der Waals surface area contributed by atoms with Crippen molar-refractivity contribution in [2.24, 2.45) is 0 Å². The molecule has 0 bridgehead atoms. The number of aromatic nitrogens is 2. The van der Waals surface area contributed by atoms with Crippen molar-refractivity contribution in [1.82, 2.24) is 9.97 Å². The van der Waals surface area contributed by atoms with Crippen LogP contribution in [-0.2, 0) is 0 Å². The third-order valence-corrected chi connectivity index (χ3v) is 9.83. The molecule has 2 heterocycles. The summed E-state index contributed by atoms with van der Waals surface area (Å²) in [4.78, 5) is 10.4. The van der Waals surface area contributed by atoms with Gasteiger partial charge in [-0.05, 0) is 98.4 Å². The Kier molecular flexibility index (Phi) is 6.81. The first-order chi connectivity index (χ1) is 25.2. The lowest BCUT2D eigenvalue weighted by atomic mass is 9.93. The quantitative estimate of drug-likeness (QED) is 0.186.